The lowest BCUT2D eigenvalue weighted by Crippen LogP contribution is -2.38. The lowest BCUT2D eigenvalue weighted by molar-refractivity contribution is -0.147. The maximum absolute atomic E-state index is 13.3. The van der Waals surface area contributed by atoms with Crippen molar-refractivity contribution in [2.45, 2.75) is 90.0 Å². The summed E-state index contributed by atoms with van der Waals surface area (Å²) in [5.41, 5.74) is 1.72. The summed E-state index contributed by atoms with van der Waals surface area (Å²) in [6.45, 7) is 2.22. The van der Waals surface area contributed by atoms with Crippen LogP contribution in [0.1, 0.15) is 91.9 Å². The molecule has 3 aliphatic carbocycles. The van der Waals surface area contributed by atoms with Crippen molar-refractivity contribution in [1.29, 1.82) is 0 Å². The Bertz CT molecular complexity index is 843. The highest BCUT2D eigenvalue weighted by Gasteiger charge is 2.37. The first-order chi connectivity index (χ1) is 14.9. The molecule has 1 heterocycles. The molecule has 0 spiro atoms. The van der Waals surface area contributed by atoms with Gasteiger partial charge in [-0.25, -0.2) is 0 Å². The van der Waals surface area contributed by atoms with Crippen molar-refractivity contribution in [2.75, 3.05) is 5.32 Å². The van der Waals surface area contributed by atoms with Crippen LogP contribution in [-0.2, 0) is 22.4 Å². The second-order valence-electron chi connectivity index (χ2n) is 9.69. The second kappa shape index (κ2) is 9.72. The maximum atomic E-state index is 13.3. The van der Waals surface area contributed by atoms with Crippen LogP contribution in [0.15, 0.2) is 0 Å². The van der Waals surface area contributed by atoms with Crippen LogP contribution in [-0.4, -0.2) is 28.9 Å². The molecule has 1 aromatic rings. The number of thiophene rings is 1. The van der Waals surface area contributed by atoms with Gasteiger partial charge >= 0.3 is 5.97 Å². The second-order valence-corrected chi connectivity index (χ2v) is 10.8. The Kier molecular flexibility index (Phi) is 6.99. The van der Waals surface area contributed by atoms with Gasteiger partial charge in [0.25, 0.3) is 5.91 Å². The SMILES string of the molecule is C[C@H]1CCc2c(sc(NC(=O)[C@H]3CCCC[C@@H]3C(=O)O)c2C(=O)NC2CCCCC2)C1. The molecule has 0 aliphatic heterocycles. The lowest BCUT2D eigenvalue weighted by atomic mass is 9.78. The molecule has 170 valence electrons. The van der Waals surface area contributed by atoms with Crippen molar-refractivity contribution in [2.24, 2.45) is 17.8 Å². The number of carbonyl (C=O) groups excluding carboxylic acids is 2. The molecule has 1 aromatic heterocycles. The third kappa shape index (κ3) is 4.97. The number of carboxylic acid groups (broad SMARTS) is 1. The molecule has 0 radical (unpaired) electrons. The van der Waals surface area contributed by atoms with E-state index in [1.807, 2.05) is 0 Å². The molecule has 0 bridgehead atoms. The first-order valence-electron chi connectivity index (χ1n) is 11.9. The average Bonchev–Trinajstić information content (AvgIpc) is 3.11. The molecule has 2 amide bonds. The van der Waals surface area contributed by atoms with E-state index >= 15 is 0 Å². The zero-order valence-electron chi connectivity index (χ0n) is 18.4. The van der Waals surface area contributed by atoms with E-state index in [1.165, 1.54) is 22.6 Å². The summed E-state index contributed by atoms with van der Waals surface area (Å²) in [6, 6.07) is 0.206. The van der Waals surface area contributed by atoms with Gasteiger partial charge in [-0.15, -0.1) is 11.3 Å². The Hall–Kier alpha value is -1.89. The lowest BCUT2D eigenvalue weighted by Gasteiger charge is -2.27. The van der Waals surface area contributed by atoms with Crippen molar-refractivity contribution in [1.82, 2.24) is 5.32 Å². The Balaban J connectivity index is 1.58. The molecule has 2 saturated carbocycles. The first-order valence-corrected chi connectivity index (χ1v) is 12.7. The van der Waals surface area contributed by atoms with E-state index in [4.69, 9.17) is 0 Å². The molecule has 31 heavy (non-hydrogen) atoms. The van der Waals surface area contributed by atoms with Crippen molar-refractivity contribution in [3.8, 4) is 0 Å². The molecular weight excluding hydrogens is 412 g/mol. The van der Waals surface area contributed by atoms with Crippen molar-refractivity contribution in [3.05, 3.63) is 16.0 Å². The molecule has 6 nitrogen and oxygen atoms in total. The van der Waals surface area contributed by atoms with Crippen LogP contribution < -0.4 is 10.6 Å². The maximum Gasteiger partial charge on any atom is 0.307 e. The predicted molar refractivity (Wildman–Crippen MR) is 122 cm³/mol. The van der Waals surface area contributed by atoms with Gasteiger partial charge < -0.3 is 15.7 Å². The molecule has 3 N–H and O–H groups in total. The van der Waals surface area contributed by atoms with Gasteiger partial charge in [-0.1, -0.05) is 39.0 Å². The van der Waals surface area contributed by atoms with E-state index in [2.05, 4.69) is 17.6 Å². The third-order valence-corrected chi connectivity index (χ3v) is 8.51. The Labute approximate surface area is 188 Å². The quantitative estimate of drug-likeness (QED) is 0.607. The summed E-state index contributed by atoms with van der Waals surface area (Å²) >= 11 is 1.52. The Morgan fingerprint density at radius 3 is 2.32 bits per heavy atom. The summed E-state index contributed by atoms with van der Waals surface area (Å²) in [6.07, 6.45) is 11.2. The van der Waals surface area contributed by atoms with Crippen LogP contribution >= 0.6 is 11.3 Å². The highest BCUT2D eigenvalue weighted by atomic mass is 32.1. The summed E-state index contributed by atoms with van der Waals surface area (Å²) < 4.78 is 0. The van der Waals surface area contributed by atoms with Crippen LogP contribution in [0.4, 0.5) is 5.00 Å². The summed E-state index contributed by atoms with van der Waals surface area (Å²) in [7, 11) is 0. The first kappa shape index (κ1) is 22.3. The third-order valence-electron chi connectivity index (χ3n) is 7.34. The number of carboxylic acids is 1. The average molecular weight is 447 g/mol. The molecule has 7 heteroatoms. The molecule has 3 atom stereocenters. The fraction of sp³-hybridized carbons (Fsp3) is 0.708. The summed E-state index contributed by atoms with van der Waals surface area (Å²) in [5, 5.41) is 16.4. The minimum atomic E-state index is -0.894. The Morgan fingerprint density at radius 2 is 1.61 bits per heavy atom. The van der Waals surface area contributed by atoms with Gasteiger partial charge in [-0.05, 0) is 56.4 Å². The minimum absolute atomic E-state index is 0.0762. The molecule has 0 aromatic carbocycles. The van der Waals surface area contributed by atoms with Gasteiger partial charge in [0.05, 0.1) is 17.4 Å². The number of hydrogen-bond acceptors (Lipinski definition) is 4. The van der Waals surface area contributed by atoms with E-state index in [-0.39, 0.29) is 17.9 Å². The molecule has 2 fully saturated rings. The number of amides is 2. The highest BCUT2D eigenvalue weighted by Crippen LogP contribution is 2.41. The molecule has 0 unspecified atom stereocenters. The van der Waals surface area contributed by atoms with Gasteiger partial charge in [-0.3, -0.25) is 14.4 Å². The number of aliphatic carboxylic acids is 1. The fourth-order valence-corrected chi connectivity index (χ4v) is 6.94. The Morgan fingerprint density at radius 1 is 0.935 bits per heavy atom. The van der Waals surface area contributed by atoms with Gasteiger partial charge in [0.1, 0.15) is 5.00 Å². The number of nitrogens with one attached hydrogen (secondary N) is 2. The zero-order valence-corrected chi connectivity index (χ0v) is 19.2. The summed E-state index contributed by atoms with van der Waals surface area (Å²) in [5.74, 6) is -1.81. The smallest absolute Gasteiger partial charge is 0.307 e. The van der Waals surface area contributed by atoms with Gasteiger partial charge in [0.2, 0.25) is 5.91 Å². The molecular formula is C24H34N2O4S. The van der Waals surface area contributed by atoms with Crippen LogP contribution in [0.25, 0.3) is 0 Å². The van der Waals surface area contributed by atoms with E-state index in [0.717, 1.165) is 63.4 Å². The number of carbonyl (C=O) groups is 3. The number of anilines is 1. The number of hydrogen-bond donors (Lipinski definition) is 3. The molecule has 3 aliphatic rings. The van der Waals surface area contributed by atoms with Crippen LogP contribution in [0.5, 0.6) is 0 Å². The van der Waals surface area contributed by atoms with E-state index in [1.54, 1.807) is 0 Å². The zero-order chi connectivity index (χ0) is 22.0. The number of rotatable bonds is 5. The van der Waals surface area contributed by atoms with Crippen LogP contribution in [0.3, 0.4) is 0 Å². The standard InChI is InChI=1S/C24H34N2O4S/c1-14-11-12-18-19(13-14)31-23(20(18)22(28)25-15-7-3-2-4-8-15)26-21(27)16-9-5-6-10-17(16)24(29)30/h14-17H,2-13H2,1H3,(H,25,28)(H,26,27)(H,29,30)/t14-,16-,17-/m0/s1. The minimum Gasteiger partial charge on any atom is -0.481 e. The number of fused-ring (bicyclic) bond motifs is 1. The van der Waals surface area contributed by atoms with E-state index in [0.29, 0.717) is 29.3 Å². The van der Waals surface area contributed by atoms with Gasteiger partial charge in [0.15, 0.2) is 0 Å². The van der Waals surface area contributed by atoms with Gasteiger partial charge in [-0.2, -0.15) is 0 Å². The monoisotopic (exact) mass is 446 g/mol. The summed E-state index contributed by atoms with van der Waals surface area (Å²) in [4.78, 5) is 39.3. The van der Waals surface area contributed by atoms with Crippen molar-refractivity contribution >= 4 is 34.1 Å². The highest BCUT2D eigenvalue weighted by molar-refractivity contribution is 7.17. The normalized spacial score (nSPS) is 26.7. The fourth-order valence-electron chi connectivity index (χ4n) is 5.53. The van der Waals surface area contributed by atoms with Gasteiger partial charge in [0, 0.05) is 10.9 Å². The van der Waals surface area contributed by atoms with Crippen molar-refractivity contribution in [3.63, 3.8) is 0 Å². The van der Waals surface area contributed by atoms with Crippen molar-refractivity contribution < 1.29 is 19.5 Å². The predicted octanol–water partition coefficient (Wildman–Crippen LogP) is 4.76. The van der Waals surface area contributed by atoms with Crippen LogP contribution in [0.2, 0.25) is 0 Å². The van der Waals surface area contributed by atoms with E-state index < -0.39 is 17.8 Å². The topological polar surface area (TPSA) is 95.5 Å². The molecule has 0 saturated heterocycles. The van der Waals surface area contributed by atoms with E-state index in [9.17, 15) is 19.5 Å². The largest absolute Gasteiger partial charge is 0.481 e. The van der Waals surface area contributed by atoms with Crippen LogP contribution in [0, 0.1) is 17.8 Å². The molecule has 4 rings (SSSR count).